The molecule has 3 nitrogen and oxygen atoms in total. The molecule has 2 heterocycles. The van der Waals surface area contributed by atoms with Crippen molar-refractivity contribution in [3.8, 4) is 5.75 Å². The van der Waals surface area contributed by atoms with Gasteiger partial charge in [-0.25, -0.2) is 0 Å². The highest BCUT2D eigenvalue weighted by Crippen LogP contribution is 2.52. The van der Waals surface area contributed by atoms with Crippen molar-refractivity contribution in [2.75, 3.05) is 13.7 Å². The second-order valence-corrected chi connectivity index (χ2v) is 8.64. The van der Waals surface area contributed by atoms with Gasteiger partial charge in [-0.3, -0.25) is 4.90 Å². The van der Waals surface area contributed by atoms with E-state index in [1.165, 1.54) is 24.0 Å². The monoisotopic (exact) mass is 429 g/mol. The number of methoxy groups -OCH3 is 1. The van der Waals surface area contributed by atoms with Gasteiger partial charge < -0.3 is 9.47 Å². The summed E-state index contributed by atoms with van der Waals surface area (Å²) in [6, 6.07) is 18.0. The normalized spacial score (nSPS) is 27.7. The smallest absolute Gasteiger partial charge is 0.118 e. The van der Waals surface area contributed by atoms with Crippen molar-refractivity contribution in [2.45, 2.75) is 56.8 Å². The van der Waals surface area contributed by atoms with Gasteiger partial charge in [-0.1, -0.05) is 40.2 Å². The maximum atomic E-state index is 6.11. The molecule has 0 aromatic heterocycles. The average Bonchev–Trinajstić information content (AvgIpc) is 2.89. The van der Waals surface area contributed by atoms with Gasteiger partial charge in [0.15, 0.2) is 0 Å². The van der Waals surface area contributed by atoms with E-state index in [4.69, 9.17) is 9.47 Å². The van der Waals surface area contributed by atoms with E-state index in [1.54, 1.807) is 7.11 Å². The molecule has 2 bridgehead atoms. The Bertz CT molecular complexity index is 761. The largest absolute Gasteiger partial charge is 0.497 e. The van der Waals surface area contributed by atoms with Crippen molar-refractivity contribution < 1.29 is 9.47 Å². The Kier molecular flexibility index (Phi) is 5.58. The number of nitrogens with zero attached hydrogens (tertiary/aromatic N) is 1. The van der Waals surface area contributed by atoms with Gasteiger partial charge >= 0.3 is 0 Å². The molecule has 0 saturated carbocycles. The third-order valence-electron chi connectivity index (χ3n) is 6.28. The summed E-state index contributed by atoms with van der Waals surface area (Å²) in [6.45, 7) is 3.88. The van der Waals surface area contributed by atoms with Crippen LogP contribution < -0.4 is 4.74 Å². The Morgan fingerprint density at radius 1 is 1.11 bits per heavy atom. The third-order valence-corrected chi connectivity index (χ3v) is 6.81. The summed E-state index contributed by atoms with van der Waals surface area (Å²) in [6.07, 6.45) is 5.03. The number of hydrogen-bond acceptors (Lipinski definition) is 3. The number of ether oxygens (including phenoxy) is 2. The van der Waals surface area contributed by atoms with Gasteiger partial charge in [0.2, 0.25) is 0 Å². The molecule has 0 amide bonds. The van der Waals surface area contributed by atoms with Gasteiger partial charge in [0.05, 0.1) is 13.2 Å². The van der Waals surface area contributed by atoms with E-state index in [0.29, 0.717) is 12.1 Å². The van der Waals surface area contributed by atoms with Gasteiger partial charge in [-0.2, -0.15) is 0 Å². The lowest BCUT2D eigenvalue weighted by Gasteiger charge is -2.48. The van der Waals surface area contributed by atoms with Gasteiger partial charge in [0.1, 0.15) is 5.75 Å². The lowest BCUT2D eigenvalue weighted by atomic mass is 9.80. The van der Waals surface area contributed by atoms with Crippen LogP contribution in [0.5, 0.6) is 5.75 Å². The van der Waals surface area contributed by atoms with Gasteiger partial charge in [-0.15, -0.1) is 0 Å². The first kappa shape index (κ1) is 19.0. The minimum Gasteiger partial charge on any atom is -0.497 e. The zero-order valence-corrected chi connectivity index (χ0v) is 17.7. The van der Waals surface area contributed by atoms with E-state index in [9.17, 15) is 0 Å². The molecule has 2 aliphatic heterocycles. The van der Waals surface area contributed by atoms with E-state index in [2.05, 4.69) is 76.3 Å². The van der Waals surface area contributed by atoms with Crippen LogP contribution in [0.3, 0.4) is 0 Å². The fourth-order valence-electron chi connectivity index (χ4n) is 5.04. The Labute approximate surface area is 170 Å². The molecular weight excluding hydrogens is 402 g/mol. The van der Waals surface area contributed by atoms with Crippen molar-refractivity contribution in [2.24, 2.45) is 0 Å². The third kappa shape index (κ3) is 3.67. The predicted octanol–water partition coefficient (Wildman–Crippen LogP) is 5.52. The number of fused-ring (bicyclic) bond motifs is 2. The highest BCUT2D eigenvalue weighted by molar-refractivity contribution is 9.10. The zero-order valence-electron chi connectivity index (χ0n) is 16.2. The van der Waals surface area contributed by atoms with E-state index >= 15 is 0 Å². The lowest BCUT2D eigenvalue weighted by Crippen LogP contribution is -2.52. The first-order valence-electron chi connectivity index (χ1n) is 9.92. The van der Waals surface area contributed by atoms with E-state index in [1.807, 2.05) is 0 Å². The highest BCUT2D eigenvalue weighted by Gasteiger charge is 2.52. The molecule has 2 aliphatic rings. The standard InChI is InChI=1S/C23H28BrNO2/c1-3-27-22-14-20-12-13-23(15-22,18-6-8-19(24)9-7-18)25(20)16-17-4-10-21(26-2)11-5-17/h4-11,20,22H,3,12-16H2,1-2H3/t20?,22-,23-/m0/s1. The molecule has 2 aromatic carbocycles. The van der Waals surface area contributed by atoms with Crippen molar-refractivity contribution in [1.29, 1.82) is 0 Å². The second kappa shape index (κ2) is 7.94. The molecule has 0 N–H and O–H groups in total. The summed E-state index contributed by atoms with van der Waals surface area (Å²) in [5.74, 6) is 0.916. The van der Waals surface area contributed by atoms with Crippen LogP contribution in [-0.4, -0.2) is 30.8 Å². The van der Waals surface area contributed by atoms with Crippen LogP contribution in [0.1, 0.15) is 43.7 Å². The number of halogens is 1. The fraction of sp³-hybridized carbons (Fsp3) is 0.478. The van der Waals surface area contributed by atoms with Crippen LogP contribution in [0.4, 0.5) is 0 Å². The van der Waals surface area contributed by atoms with Gasteiger partial charge in [-0.05, 0) is 68.0 Å². The maximum Gasteiger partial charge on any atom is 0.118 e. The minimum atomic E-state index is 0.0728. The van der Waals surface area contributed by atoms with Crippen LogP contribution >= 0.6 is 15.9 Å². The molecule has 0 radical (unpaired) electrons. The summed E-state index contributed by atoms with van der Waals surface area (Å²) in [7, 11) is 1.72. The molecule has 4 heteroatoms. The molecule has 2 aromatic rings. The van der Waals surface area contributed by atoms with Crippen LogP contribution in [0.25, 0.3) is 0 Å². The van der Waals surface area contributed by atoms with Crippen LogP contribution in [0.2, 0.25) is 0 Å². The van der Waals surface area contributed by atoms with Gasteiger partial charge in [0, 0.05) is 29.2 Å². The van der Waals surface area contributed by atoms with Crippen molar-refractivity contribution in [3.05, 3.63) is 64.1 Å². The summed E-state index contributed by atoms with van der Waals surface area (Å²) in [5, 5.41) is 0. The molecule has 3 atom stereocenters. The molecule has 2 saturated heterocycles. The van der Waals surface area contributed by atoms with Crippen molar-refractivity contribution in [3.63, 3.8) is 0 Å². The molecule has 0 aliphatic carbocycles. The molecule has 1 unspecified atom stereocenters. The second-order valence-electron chi connectivity index (χ2n) is 7.72. The van der Waals surface area contributed by atoms with Crippen molar-refractivity contribution in [1.82, 2.24) is 4.90 Å². The molecule has 144 valence electrons. The summed E-state index contributed by atoms with van der Waals surface area (Å²) < 4.78 is 12.6. The number of piperidine rings is 1. The van der Waals surface area contributed by atoms with E-state index in [0.717, 1.165) is 36.2 Å². The lowest BCUT2D eigenvalue weighted by molar-refractivity contribution is -0.0592. The Morgan fingerprint density at radius 3 is 2.52 bits per heavy atom. The molecule has 4 rings (SSSR count). The minimum absolute atomic E-state index is 0.0728. The Balaban J connectivity index is 1.66. The van der Waals surface area contributed by atoms with Crippen LogP contribution in [-0.2, 0) is 16.8 Å². The van der Waals surface area contributed by atoms with Gasteiger partial charge in [0.25, 0.3) is 0 Å². The van der Waals surface area contributed by atoms with Crippen LogP contribution in [0.15, 0.2) is 53.0 Å². The fourth-order valence-corrected chi connectivity index (χ4v) is 5.31. The van der Waals surface area contributed by atoms with E-state index in [-0.39, 0.29) is 5.54 Å². The summed E-state index contributed by atoms with van der Waals surface area (Å²) in [5.41, 5.74) is 2.84. The molecule has 27 heavy (non-hydrogen) atoms. The Morgan fingerprint density at radius 2 is 1.85 bits per heavy atom. The molecular formula is C23H28BrNO2. The first-order chi connectivity index (χ1) is 13.1. The number of benzene rings is 2. The zero-order chi connectivity index (χ0) is 18.9. The molecule has 2 fully saturated rings. The number of hydrogen-bond donors (Lipinski definition) is 0. The van der Waals surface area contributed by atoms with E-state index < -0.39 is 0 Å². The first-order valence-corrected chi connectivity index (χ1v) is 10.7. The summed E-state index contributed by atoms with van der Waals surface area (Å²) in [4.78, 5) is 2.74. The van der Waals surface area contributed by atoms with Crippen molar-refractivity contribution >= 4 is 15.9 Å². The predicted molar refractivity (Wildman–Crippen MR) is 112 cm³/mol. The topological polar surface area (TPSA) is 21.7 Å². The quantitative estimate of drug-likeness (QED) is 0.603. The average molecular weight is 430 g/mol. The highest BCUT2D eigenvalue weighted by atomic mass is 79.9. The van der Waals surface area contributed by atoms with Crippen LogP contribution in [0, 0.1) is 0 Å². The maximum absolute atomic E-state index is 6.11. The molecule has 0 spiro atoms. The SMILES string of the molecule is CCO[C@H]1CC2CC[C@@](c3ccc(Br)cc3)(C1)N2Cc1ccc(OC)cc1. The Hall–Kier alpha value is -1.36. The number of rotatable bonds is 6. The summed E-state index contributed by atoms with van der Waals surface area (Å²) >= 11 is 3.59.